The van der Waals surface area contributed by atoms with Crippen molar-refractivity contribution in [1.82, 2.24) is 5.32 Å². The maximum absolute atomic E-state index is 10.5. The minimum Gasteiger partial charge on any atom is -0.349 e. The van der Waals surface area contributed by atoms with Crippen molar-refractivity contribution in [2.45, 2.75) is 6.42 Å². The van der Waals surface area contributed by atoms with E-state index in [1.807, 2.05) is 0 Å². The highest BCUT2D eigenvalue weighted by Gasteiger charge is 1.95. The van der Waals surface area contributed by atoms with Crippen LogP contribution in [0.4, 0.5) is 0 Å². The highest BCUT2D eigenvalue weighted by atomic mass is 79.9. The molecule has 3 nitrogen and oxygen atoms in total. The standard InChI is InChI=1S/C5H8BrNO2/c6-2-1-5(9)7-3-4-8/h4H,1-3H2,(H,7,9). The number of hydrogen-bond donors (Lipinski definition) is 1. The van der Waals surface area contributed by atoms with Gasteiger partial charge in [-0.3, -0.25) is 4.79 Å². The number of carbonyl (C=O) groups is 2. The lowest BCUT2D eigenvalue weighted by Gasteiger charge is -1.95. The minimum absolute atomic E-state index is 0.0982. The van der Waals surface area contributed by atoms with E-state index in [0.717, 1.165) is 0 Å². The average molecular weight is 194 g/mol. The number of hydrogen-bond acceptors (Lipinski definition) is 2. The Balaban J connectivity index is 3.16. The molecule has 0 aromatic heterocycles. The SMILES string of the molecule is O=CCNC(=O)CCBr. The quantitative estimate of drug-likeness (QED) is 0.509. The van der Waals surface area contributed by atoms with Gasteiger partial charge in [0.05, 0.1) is 6.54 Å². The van der Waals surface area contributed by atoms with Crippen LogP contribution in [0.25, 0.3) is 0 Å². The van der Waals surface area contributed by atoms with Gasteiger partial charge in [-0.05, 0) is 0 Å². The highest BCUT2D eigenvalue weighted by molar-refractivity contribution is 9.09. The van der Waals surface area contributed by atoms with Crippen LogP contribution < -0.4 is 5.32 Å². The van der Waals surface area contributed by atoms with Gasteiger partial charge in [0.1, 0.15) is 6.29 Å². The molecule has 0 saturated heterocycles. The van der Waals surface area contributed by atoms with Crippen LogP contribution >= 0.6 is 15.9 Å². The minimum atomic E-state index is -0.0982. The Morgan fingerprint density at radius 2 is 2.33 bits per heavy atom. The molecule has 0 unspecified atom stereocenters. The zero-order chi connectivity index (χ0) is 7.11. The summed E-state index contributed by atoms with van der Waals surface area (Å²) in [4.78, 5) is 20.2. The van der Waals surface area contributed by atoms with Gasteiger partial charge in [0.2, 0.25) is 5.91 Å². The molecule has 0 fully saturated rings. The second kappa shape index (κ2) is 5.75. The first-order chi connectivity index (χ1) is 4.31. The molecular weight excluding hydrogens is 186 g/mol. The van der Waals surface area contributed by atoms with Crippen LogP contribution in [0.3, 0.4) is 0 Å². The Labute approximate surface area is 61.9 Å². The van der Waals surface area contributed by atoms with Gasteiger partial charge < -0.3 is 10.1 Å². The van der Waals surface area contributed by atoms with E-state index in [1.165, 1.54) is 0 Å². The molecule has 0 radical (unpaired) electrons. The highest BCUT2D eigenvalue weighted by Crippen LogP contribution is 1.85. The number of amides is 1. The van der Waals surface area contributed by atoms with E-state index in [1.54, 1.807) is 0 Å². The normalized spacial score (nSPS) is 8.56. The van der Waals surface area contributed by atoms with E-state index in [-0.39, 0.29) is 12.5 Å². The number of carbonyl (C=O) groups excluding carboxylic acids is 2. The Bertz CT molecular complexity index is 105. The van der Waals surface area contributed by atoms with Crippen LogP contribution in [0.2, 0.25) is 0 Å². The van der Waals surface area contributed by atoms with Gasteiger partial charge in [-0.1, -0.05) is 15.9 Å². The van der Waals surface area contributed by atoms with Crippen LogP contribution in [0.15, 0.2) is 0 Å². The molecule has 0 saturated carbocycles. The van der Waals surface area contributed by atoms with Gasteiger partial charge in [-0.25, -0.2) is 0 Å². The lowest BCUT2D eigenvalue weighted by molar-refractivity contribution is -0.122. The first-order valence-electron chi connectivity index (χ1n) is 2.57. The Morgan fingerprint density at radius 1 is 1.67 bits per heavy atom. The van der Waals surface area contributed by atoms with E-state index in [0.29, 0.717) is 18.0 Å². The summed E-state index contributed by atoms with van der Waals surface area (Å²) in [5, 5.41) is 3.03. The van der Waals surface area contributed by atoms with Crippen molar-refractivity contribution in [3.8, 4) is 0 Å². The average Bonchev–Trinajstić information content (AvgIpc) is 1.85. The summed E-state index contributed by atoms with van der Waals surface area (Å²) in [6, 6.07) is 0. The number of rotatable bonds is 4. The maximum atomic E-state index is 10.5. The van der Waals surface area contributed by atoms with Gasteiger partial charge >= 0.3 is 0 Å². The van der Waals surface area contributed by atoms with Crippen molar-refractivity contribution < 1.29 is 9.59 Å². The zero-order valence-corrected chi connectivity index (χ0v) is 6.48. The molecule has 0 aliphatic carbocycles. The Hall–Kier alpha value is -0.380. The van der Waals surface area contributed by atoms with E-state index >= 15 is 0 Å². The van der Waals surface area contributed by atoms with Crippen molar-refractivity contribution >= 4 is 28.1 Å². The molecule has 1 N–H and O–H groups in total. The summed E-state index contributed by atoms with van der Waals surface area (Å²) < 4.78 is 0. The molecule has 9 heavy (non-hydrogen) atoms. The van der Waals surface area contributed by atoms with Crippen LogP contribution in [0, 0.1) is 0 Å². The van der Waals surface area contributed by atoms with Gasteiger partial charge in [-0.15, -0.1) is 0 Å². The molecule has 0 spiro atoms. The monoisotopic (exact) mass is 193 g/mol. The topological polar surface area (TPSA) is 46.2 Å². The van der Waals surface area contributed by atoms with Crippen LogP contribution in [-0.4, -0.2) is 24.1 Å². The fraction of sp³-hybridized carbons (Fsp3) is 0.600. The predicted octanol–water partition coefficient (Wildman–Crippen LogP) is 0.0865. The molecule has 0 aromatic carbocycles. The van der Waals surface area contributed by atoms with E-state index in [9.17, 15) is 9.59 Å². The van der Waals surface area contributed by atoms with Crippen molar-refractivity contribution in [2.24, 2.45) is 0 Å². The summed E-state index contributed by atoms with van der Waals surface area (Å²) >= 11 is 3.09. The van der Waals surface area contributed by atoms with Crippen molar-refractivity contribution in [3.05, 3.63) is 0 Å². The molecule has 4 heteroatoms. The molecular formula is C5H8BrNO2. The maximum Gasteiger partial charge on any atom is 0.221 e. The smallest absolute Gasteiger partial charge is 0.221 e. The van der Waals surface area contributed by atoms with E-state index in [2.05, 4.69) is 21.2 Å². The summed E-state index contributed by atoms with van der Waals surface area (Å²) in [5.41, 5.74) is 0. The van der Waals surface area contributed by atoms with Crippen molar-refractivity contribution in [1.29, 1.82) is 0 Å². The second-order valence-corrected chi connectivity index (χ2v) is 2.20. The van der Waals surface area contributed by atoms with Crippen LogP contribution in [0.1, 0.15) is 6.42 Å². The third-order valence-electron chi connectivity index (χ3n) is 0.704. The molecule has 0 atom stereocenters. The second-order valence-electron chi connectivity index (χ2n) is 1.41. The molecule has 52 valence electrons. The van der Waals surface area contributed by atoms with Gasteiger partial charge in [-0.2, -0.15) is 0 Å². The fourth-order valence-electron chi connectivity index (χ4n) is 0.330. The Kier molecular flexibility index (Phi) is 5.51. The summed E-state index contributed by atoms with van der Waals surface area (Å²) in [6.07, 6.45) is 1.08. The summed E-state index contributed by atoms with van der Waals surface area (Å²) in [5.74, 6) is -0.0982. The molecule has 0 heterocycles. The molecule has 0 aliphatic heterocycles. The summed E-state index contributed by atoms with van der Waals surface area (Å²) in [6.45, 7) is 0.117. The molecule has 0 bridgehead atoms. The van der Waals surface area contributed by atoms with Gasteiger partial charge in [0, 0.05) is 11.8 Å². The third kappa shape index (κ3) is 5.49. The Morgan fingerprint density at radius 3 is 2.78 bits per heavy atom. The number of nitrogens with one attached hydrogen (secondary N) is 1. The lowest BCUT2D eigenvalue weighted by atomic mass is 10.4. The van der Waals surface area contributed by atoms with Gasteiger partial charge in [0.15, 0.2) is 0 Å². The molecule has 0 rings (SSSR count). The van der Waals surface area contributed by atoms with Gasteiger partial charge in [0.25, 0.3) is 0 Å². The fourth-order valence-corrected chi connectivity index (χ4v) is 0.690. The molecule has 0 aliphatic rings. The van der Waals surface area contributed by atoms with Crippen LogP contribution in [-0.2, 0) is 9.59 Å². The zero-order valence-electron chi connectivity index (χ0n) is 4.89. The summed E-state index contributed by atoms with van der Waals surface area (Å²) in [7, 11) is 0. The predicted molar refractivity (Wildman–Crippen MR) is 37.5 cm³/mol. The van der Waals surface area contributed by atoms with Crippen molar-refractivity contribution in [2.75, 3.05) is 11.9 Å². The van der Waals surface area contributed by atoms with Crippen molar-refractivity contribution in [3.63, 3.8) is 0 Å². The lowest BCUT2D eigenvalue weighted by Crippen LogP contribution is -2.24. The van der Waals surface area contributed by atoms with Crippen LogP contribution in [0.5, 0.6) is 0 Å². The molecule has 0 aromatic rings. The first-order valence-corrected chi connectivity index (χ1v) is 3.69. The number of aldehydes is 1. The van der Waals surface area contributed by atoms with E-state index in [4.69, 9.17) is 0 Å². The first kappa shape index (κ1) is 8.62. The number of alkyl halides is 1. The van der Waals surface area contributed by atoms with E-state index < -0.39 is 0 Å². The number of halogens is 1. The molecule has 1 amide bonds. The largest absolute Gasteiger partial charge is 0.349 e. The third-order valence-corrected chi connectivity index (χ3v) is 1.10.